The van der Waals surface area contributed by atoms with E-state index in [4.69, 9.17) is 9.47 Å². The molecule has 1 aromatic heterocycles. The second kappa shape index (κ2) is 5.53. The van der Waals surface area contributed by atoms with Crippen LogP contribution in [0.25, 0.3) is 0 Å². The molecule has 19 heavy (non-hydrogen) atoms. The van der Waals surface area contributed by atoms with E-state index in [2.05, 4.69) is 40.3 Å². The van der Waals surface area contributed by atoms with Crippen LogP contribution in [-0.2, 0) is 13.1 Å². The van der Waals surface area contributed by atoms with E-state index >= 15 is 0 Å². The maximum Gasteiger partial charge on any atom is 0.231 e. The van der Waals surface area contributed by atoms with Crippen LogP contribution in [0.1, 0.15) is 15.3 Å². The van der Waals surface area contributed by atoms with Gasteiger partial charge < -0.3 is 14.8 Å². The van der Waals surface area contributed by atoms with E-state index in [0.717, 1.165) is 24.6 Å². The topological polar surface area (TPSA) is 30.5 Å². The molecule has 1 aliphatic rings. The molecule has 0 saturated carbocycles. The van der Waals surface area contributed by atoms with Gasteiger partial charge in [0.1, 0.15) is 0 Å². The molecule has 0 aliphatic carbocycles. The van der Waals surface area contributed by atoms with E-state index < -0.39 is 0 Å². The standard InChI is InChI=1S/C14H14BrNO2S/c1-9-12(15)5-11(19-9)7-16-6-10-2-3-13-14(4-10)18-8-17-13/h2-5,16H,6-8H2,1H3. The first-order valence-electron chi connectivity index (χ1n) is 6.06. The molecule has 3 rings (SSSR count). The van der Waals surface area contributed by atoms with Crippen LogP contribution in [0.2, 0.25) is 0 Å². The highest BCUT2D eigenvalue weighted by atomic mass is 79.9. The van der Waals surface area contributed by atoms with Gasteiger partial charge in [0.25, 0.3) is 0 Å². The quantitative estimate of drug-likeness (QED) is 0.917. The molecule has 5 heteroatoms. The summed E-state index contributed by atoms with van der Waals surface area (Å²) >= 11 is 5.35. The van der Waals surface area contributed by atoms with Crippen LogP contribution < -0.4 is 14.8 Å². The Morgan fingerprint density at radius 2 is 2.05 bits per heavy atom. The average Bonchev–Trinajstić information content (AvgIpc) is 2.96. The van der Waals surface area contributed by atoms with Gasteiger partial charge in [-0.15, -0.1) is 11.3 Å². The lowest BCUT2D eigenvalue weighted by molar-refractivity contribution is 0.174. The van der Waals surface area contributed by atoms with Gasteiger partial charge in [-0.3, -0.25) is 0 Å². The number of hydrogen-bond acceptors (Lipinski definition) is 4. The van der Waals surface area contributed by atoms with Gasteiger partial charge in [-0.1, -0.05) is 6.07 Å². The number of hydrogen-bond donors (Lipinski definition) is 1. The summed E-state index contributed by atoms with van der Waals surface area (Å²) in [6.45, 7) is 4.15. The maximum atomic E-state index is 5.37. The molecule has 0 bridgehead atoms. The van der Waals surface area contributed by atoms with Crippen molar-refractivity contribution in [3.63, 3.8) is 0 Å². The highest BCUT2D eigenvalue weighted by molar-refractivity contribution is 9.10. The Morgan fingerprint density at radius 3 is 2.84 bits per heavy atom. The summed E-state index contributed by atoms with van der Waals surface area (Å²) in [4.78, 5) is 2.66. The van der Waals surface area contributed by atoms with Gasteiger partial charge in [0.15, 0.2) is 11.5 Å². The molecule has 2 heterocycles. The van der Waals surface area contributed by atoms with Crippen LogP contribution in [-0.4, -0.2) is 6.79 Å². The summed E-state index contributed by atoms with van der Waals surface area (Å²) in [7, 11) is 0. The first kappa shape index (κ1) is 13.0. The highest BCUT2D eigenvalue weighted by Crippen LogP contribution is 2.32. The van der Waals surface area contributed by atoms with Crippen molar-refractivity contribution >= 4 is 27.3 Å². The summed E-state index contributed by atoms with van der Waals surface area (Å²) in [5.74, 6) is 1.68. The minimum atomic E-state index is 0.328. The second-order valence-corrected chi connectivity index (χ2v) is 6.60. The number of fused-ring (bicyclic) bond motifs is 1. The first-order valence-corrected chi connectivity index (χ1v) is 7.67. The fourth-order valence-corrected chi connectivity index (χ4v) is 3.56. The normalized spacial score (nSPS) is 12.9. The summed E-state index contributed by atoms with van der Waals surface area (Å²) in [5, 5.41) is 3.44. The fourth-order valence-electron chi connectivity index (χ4n) is 1.99. The zero-order valence-electron chi connectivity index (χ0n) is 10.5. The molecule has 100 valence electrons. The lowest BCUT2D eigenvalue weighted by Crippen LogP contribution is -2.11. The third-order valence-corrected chi connectivity index (χ3v) is 5.11. The molecule has 0 radical (unpaired) electrons. The molecule has 0 unspecified atom stereocenters. The Labute approximate surface area is 124 Å². The third-order valence-electron chi connectivity index (χ3n) is 2.97. The van der Waals surface area contributed by atoms with E-state index in [1.807, 2.05) is 23.5 Å². The maximum absolute atomic E-state index is 5.37. The highest BCUT2D eigenvalue weighted by Gasteiger charge is 2.12. The molecule has 1 N–H and O–H groups in total. The van der Waals surface area contributed by atoms with Gasteiger partial charge >= 0.3 is 0 Å². The SMILES string of the molecule is Cc1sc(CNCc2ccc3c(c2)OCO3)cc1Br. The first-order chi connectivity index (χ1) is 9.22. The largest absolute Gasteiger partial charge is 0.454 e. The molecule has 0 saturated heterocycles. The molecule has 0 amide bonds. The van der Waals surface area contributed by atoms with Gasteiger partial charge in [-0.05, 0) is 46.6 Å². The molecular weight excluding hydrogens is 326 g/mol. The van der Waals surface area contributed by atoms with Crippen molar-refractivity contribution < 1.29 is 9.47 Å². The molecular formula is C14H14BrNO2S. The Morgan fingerprint density at radius 1 is 1.21 bits per heavy atom. The van der Waals surface area contributed by atoms with Crippen molar-refractivity contribution in [1.82, 2.24) is 5.32 Å². The fraction of sp³-hybridized carbons (Fsp3) is 0.286. The minimum Gasteiger partial charge on any atom is -0.454 e. The average molecular weight is 340 g/mol. The number of rotatable bonds is 4. The van der Waals surface area contributed by atoms with Crippen LogP contribution in [0.4, 0.5) is 0 Å². The van der Waals surface area contributed by atoms with Crippen molar-refractivity contribution in [2.45, 2.75) is 20.0 Å². The predicted molar refractivity (Wildman–Crippen MR) is 79.9 cm³/mol. The van der Waals surface area contributed by atoms with Crippen LogP contribution in [0.3, 0.4) is 0 Å². The molecule has 1 aromatic carbocycles. The van der Waals surface area contributed by atoms with Crippen LogP contribution in [0.15, 0.2) is 28.7 Å². The molecule has 2 aromatic rings. The van der Waals surface area contributed by atoms with E-state index in [1.165, 1.54) is 19.8 Å². The summed E-state index contributed by atoms with van der Waals surface area (Å²) < 4.78 is 11.9. The van der Waals surface area contributed by atoms with Gasteiger partial charge in [-0.2, -0.15) is 0 Å². The lowest BCUT2D eigenvalue weighted by Gasteiger charge is -2.04. The van der Waals surface area contributed by atoms with Crippen LogP contribution in [0, 0.1) is 6.92 Å². The van der Waals surface area contributed by atoms with Crippen molar-refractivity contribution in [3.8, 4) is 11.5 Å². The molecule has 0 atom stereocenters. The lowest BCUT2D eigenvalue weighted by atomic mass is 10.2. The van der Waals surface area contributed by atoms with Crippen molar-refractivity contribution in [3.05, 3.63) is 44.1 Å². The summed E-state index contributed by atoms with van der Waals surface area (Å²) in [6, 6.07) is 8.24. The van der Waals surface area contributed by atoms with Crippen LogP contribution in [0.5, 0.6) is 11.5 Å². The van der Waals surface area contributed by atoms with Gasteiger partial charge in [-0.25, -0.2) is 0 Å². The third kappa shape index (κ3) is 2.94. The molecule has 0 spiro atoms. The van der Waals surface area contributed by atoms with Crippen molar-refractivity contribution in [1.29, 1.82) is 0 Å². The second-order valence-electron chi connectivity index (χ2n) is 4.41. The number of benzene rings is 1. The molecule has 3 nitrogen and oxygen atoms in total. The van der Waals surface area contributed by atoms with Gasteiger partial charge in [0.2, 0.25) is 6.79 Å². The van der Waals surface area contributed by atoms with Gasteiger partial charge in [0, 0.05) is 27.3 Å². The summed E-state index contributed by atoms with van der Waals surface area (Å²) in [6.07, 6.45) is 0. The Hall–Kier alpha value is -1.04. The van der Waals surface area contributed by atoms with Crippen molar-refractivity contribution in [2.24, 2.45) is 0 Å². The number of aryl methyl sites for hydroxylation is 1. The number of thiophene rings is 1. The zero-order chi connectivity index (χ0) is 13.2. The zero-order valence-corrected chi connectivity index (χ0v) is 12.9. The Balaban J connectivity index is 1.57. The number of ether oxygens (including phenoxy) is 2. The summed E-state index contributed by atoms with van der Waals surface area (Å²) in [5.41, 5.74) is 1.21. The number of nitrogens with one attached hydrogen (secondary N) is 1. The monoisotopic (exact) mass is 339 g/mol. The smallest absolute Gasteiger partial charge is 0.231 e. The van der Waals surface area contributed by atoms with E-state index in [0.29, 0.717) is 6.79 Å². The number of halogens is 1. The van der Waals surface area contributed by atoms with E-state index in [1.54, 1.807) is 0 Å². The van der Waals surface area contributed by atoms with E-state index in [9.17, 15) is 0 Å². The minimum absolute atomic E-state index is 0.328. The predicted octanol–water partition coefficient (Wildman–Crippen LogP) is 3.84. The Kier molecular flexibility index (Phi) is 3.77. The molecule has 0 fully saturated rings. The van der Waals surface area contributed by atoms with Gasteiger partial charge in [0.05, 0.1) is 0 Å². The van der Waals surface area contributed by atoms with E-state index in [-0.39, 0.29) is 0 Å². The molecule has 1 aliphatic heterocycles. The van der Waals surface area contributed by atoms with Crippen molar-refractivity contribution in [2.75, 3.05) is 6.79 Å². The Bertz CT molecular complexity index is 578. The van der Waals surface area contributed by atoms with Crippen LogP contribution >= 0.6 is 27.3 Å².